The molecule has 168 valence electrons. The van der Waals surface area contributed by atoms with Crippen LogP contribution in [0.4, 0.5) is 0 Å². The molecule has 1 aliphatic heterocycles. The van der Waals surface area contributed by atoms with Crippen molar-refractivity contribution >= 4 is 17.7 Å². The van der Waals surface area contributed by atoms with Gasteiger partial charge in [-0.25, -0.2) is 0 Å². The number of carbonyl (C=O) groups is 1. The molecule has 1 unspecified atom stereocenters. The number of aryl methyl sites for hydroxylation is 1. The minimum Gasteiger partial charge on any atom is -0.376 e. The fourth-order valence-corrected chi connectivity index (χ4v) is 4.62. The molecule has 7 nitrogen and oxygen atoms in total. The summed E-state index contributed by atoms with van der Waals surface area (Å²) in [4.78, 5) is 20.4. The Morgan fingerprint density at radius 2 is 2.06 bits per heavy atom. The predicted molar refractivity (Wildman–Crippen MR) is 123 cm³/mol. The monoisotopic (exact) mass is 452 g/mol. The Bertz CT molecular complexity index is 1050. The number of ether oxygens (including phenoxy) is 1. The van der Waals surface area contributed by atoms with Gasteiger partial charge in [0, 0.05) is 38.0 Å². The van der Waals surface area contributed by atoms with Gasteiger partial charge < -0.3 is 14.6 Å². The second-order valence-electron chi connectivity index (χ2n) is 7.93. The van der Waals surface area contributed by atoms with Gasteiger partial charge in [0.2, 0.25) is 5.89 Å². The number of amides is 1. The molecular formula is C24H28N4O3S. The fraction of sp³-hybridized carbons (Fsp3) is 0.375. The third-order valence-electron chi connectivity index (χ3n) is 5.23. The lowest BCUT2D eigenvalue weighted by Gasteiger charge is -2.31. The molecule has 3 aromatic rings. The minimum absolute atomic E-state index is 0.0928. The molecular weight excluding hydrogens is 424 g/mol. The van der Waals surface area contributed by atoms with Gasteiger partial charge in [0.1, 0.15) is 0 Å². The maximum absolute atomic E-state index is 12.9. The minimum atomic E-state index is -0.0928. The van der Waals surface area contributed by atoms with Crippen LogP contribution in [0.15, 0.2) is 57.9 Å². The summed E-state index contributed by atoms with van der Waals surface area (Å²) in [5.41, 5.74) is 2.98. The molecule has 1 N–H and O–H groups in total. The molecule has 1 atom stereocenters. The highest BCUT2D eigenvalue weighted by Gasteiger charge is 2.17. The number of rotatable bonds is 8. The molecule has 8 heteroatoms. The number of morpholine rings is 1. The van der Waals surface area contributed by atoms with Crippen LogP contribution in [0, 0.1) is 6.92 Å². The van der Waals surface area contributed by atoms with Gasteiger partial charge in [-0.05, 0) is 30.2 Å². The van der Waals surface area contributed by atoms with Crippen molar-refractivity contribution < 1.29 is 14.1 Å². The van der Waals surface area contributed by atoms with Crippen LogP contribution in [0.25, 0.3) is 0 Å². The van der Waals surface area contributed by atoms with Crippen LogP contribution in [0.5, 0.6) is 0 Å². The lowest BCUT2D eigenvalue weighted by atomic mass is 10.1. The van der Waals surface area contributed by atoms with E-state index in [1.807, 2.05) is 30.3 Å². The van der Waals surface area contributed by atoms with Gasteiger partial charge >= 0.3 is 0 Å². The van der Waals surface area contributed by atoms with E-state index in [0.29, 0.717) is 29.6 Å². The zero-order chi connectivity index (χ0) is 22.3. The van der Waals surface area contributed by atoms with E-state index in [9.17, 15) is 4.79 Å². The zero-order valence-corrected chi connectivity index (χ0v) is 19.2. The van der Waals surface area contributed by atoms with E-state index in [4.69, 9.17) is 9.26 Å². The molecule has 0 saturated carbocycles. The largest absolute Gasteiger partial charge is 0.376 e. The van der Waals surface area contributed by atoms with Crippen molar-refractivity contribution in [3.63, 3.8) is 0 Å². The van der Waals surface area contributed by atoms with Crippen molar-refractivity contribution in [2.24, 2.45) is 0 Å². The van der Waals surface area contributed by atoms with Gasteiger partial charge in [0.25, 0.3) is 5.91 Å². The number of hydrogen-bond acceptors (Lipinski definition) is 7. The molecule has 1 amide bonds. The number of carbonyl (C=O) groups excluding carboxylic acids is 1. The van der Waals surface area contributed by atoms with Gasteiger partial charge in [-0.1, -0.05) is 41.6 Å². The Labute approximate surface area is 192 Å². The first-order chi connectivity index (χ1) is 15.6. The topological polar surface area (TPSA) is 80.5 Å². The highest BCUT2D eigenvalue weighted by atomic mass is 32.2. The van der Waals surface area contributed by atoms with E-state index >= 15 is 0 Å². The molecule has 1 saturated heterocycles. The van der Waals surface area contributed by atoms with E-state index in [-0.39, 0.29) is 12.0 Å². The summed E-state index contributed by atoms with van der Waals surface area (Å²) in [6.07, 6.45) is 0.272. The fourth-order valence-electron chi connectivity index (χ4n) is 3.73. The van der Waals surface area contributed by atoms with Crippen LogP contribution >= 0.6 is 11.8 Å². The van der Waals surface area contributed by atoms with Gasteiger partial charge in [-0.15, -0.1) is 11.8 Å². The van der Waals surface area contributed by atoms with E-state index < -0.39 is 0 Å². The average molecular weight is 453 g/mol. The van der Waals surface area contributed by atoms with Crippen molar-refractivity contribution in [1.29, 1.82) is 0 Å². The van der Waals surface area contributed by atoms with Gasteiger partial charge in [0.15, 0.2) is 5.82 Å². The number of thioether (sulfide) groups is 1. The first kappa shape index (κ1) is 22.5. The Morgan fingerprint density at radius 3 is 2.88 bits per heavy atom. The molecule has 0 bridgehead atoms. The molecule has 2 heterocycles. The SMILES string of the molecule is Cc1nc(CSc2ccccc2C(=O)NCc2cccc(CN3CCOC(C)C3)c2)no1. The molecule has 0 aliphatic carbocycles. The Hall–Kier alpha value is -2.68. The van der Waals surface area contributed by atoms with Crippen LogP contribution in [0.2, 0.25) is 0 Å². The normalized spacial score (nSPS) is 16.8. The zero-order valence-electron chi connectivity index (χ0n) is 18.4. The van der Waals surface area contributed by atoms with E-state index in [0.717, 1.165) is 36.7 Å². The maximum Gasteiger partial charge on any atom is 0.252 e. The van der Waals surface area contributed by atoms with Crippen molar-refractivity contribution in [3.05, 3.63) is 76.9 Å². The van der Waals surface area contributed by atoms with Gasteiger partial charge in [-0.2, -0.15) is 4.98 Å². The highest BCUT2D eigenvalue weighted by molar-refractivity contribution is 7.98. The van der Waals surface area contributed by atoms with Crippen molar-refractivity contribution in [2.45, 2.75) is 43.7 Å². The molecule has 4 rings (SSSR count). The molecule has 1 aromatic heterocycles. The third-order valence-corrected chi connectivity index (χ3v) is 6.30. The van der Waals surface area contributed by atoms with Crippen molar-refractivity contribution in [3.8, 4) is 0 Å². The standard InChI is InChI=1S/C24H28N4O3S/c1-17-14-28(10-11-30-17)15-20-7-5-6-19(12-20)13-25-24(29)21-8-3-4-9-22(21)32-16-23-26-18(2)31-27-23/h3-9,12,17H,10-11,13-16H2,1-2H3,(H,25,29). The van der Waals surface area contributed by atoms with Gasteiger partial charge in [-0.3, -0.25) is 9.69 Å². The van der Waals surface area contributed by atoms with Crippen molar-refractivity contribution in [2.75, 3.05) is 19.7 Å². The number of benzene rings is 2. The van der Waals surface area contributed by atoms with Crippen LogP contribution in [-0.2, 0) is 23.6 Å². The van der Waals surface area contributed by atoms with Crippen LogP contribution in [0.3, 0.4) is 0 Å². The Kier molecular flexibility index (Phi) is 7.57. The first-order valence-corrected chi connectivity index (χ1v) is 11.8. The number of hydrogen-bond donors (Lipinski definition) is 1. The quantitative estimate of drug-likeness (QED) is 0.521. The Morgan fingerprint density at radius 1 is 1.22 bits per heavy atom. The van der Waals surface area contributed by atoms with E-state index in [1.165, 1.54) is 17.3 Å². The third kappa shape index (κ3) is 6.18. The highest BCUT2D eigenvalue weighted by Crippen LogP contribution is 2.25. The summed E-state index contributed by atoms with van der Waals surface area (Å²) in [5, 5.41) is 6.98. The molecule has 32 heavy (non-hydrogen) atoms. The molecule has 0 radical (unpaired) electrons. The lowest BCUT2D eigenvalue weighted by molar-refractivity contribution is -0.0212. The summed E-state index contributed by atoms with van der Waals surface area (Å²) in [5.74, 6) is 1.61. The second-order valence-corrected chi connectivity index (χ2v) is 8.95. The first-order valence-electron chi connectivity index (χ1n) is 10.8. The second kappa shape index (κ2) is 10.8. The van der Waals surface area contributed by atoms with Gasteiger partial charge in [0.05, 0.1) is 24.0 Å². The van der Waals surface area contributed by atoms with E-state index in [2.05, 4.69) is 45.5 Å². The summed E-state index contributed by atoms with van der Waals surface area (Å²) < 4.78 is 10.6. The number of aromatic nitrogens is 2. The predicted octanol–water partition coefficient (Wildman–Crippen LogP) is 3.82. The summed E-state index contributed by atoms with van der Waals surface area (Å²) in [6, 6.07) is 16.0. The molecule has 1 fully saturated rings. The molecule has 2 aromatic carbocycles. The maximum atomic E-state index is 12.9. The molecule has 0 spiro atoms. The lowest BCUT2D eigenvalue weighted by Crippen LogP contribution is -2.40. The van der Waals surface area contributed by atoms with Crippen LogP contribution in [0.1, 0.15) is 40.1 Å². The summed E-state index contributed by atoms with van der Waals surface area (Å²) in [6.45, 7) is 7.92. The van der Waals surface area contributed by atoms with Crippen LogP contribution < -0.4 is 5.32 Å². The van der Waals surface area contributed by atoms with Crippen molar-refractivity contribution in [1.82, 2.24) is 20.4 Å². The summed E-state index contributed by atoms with van der Waals surface area (Å²) >= 11 is 1.52. The summed E-state index contributed by atoms with van der Waals surface area (Å²) in [7, 11) is 0. The number of nitrogens with zero attached hydrogens (tertiary/aromatic N) is 3. The molecule has 1 aliphatic rings. The average Bonchev–Trinajstić information content (AvgIpc) is 3.22. The smallest absolute Gasteiger partial charge is 0.252 e. The van der Waals surface area contributed by atoms with E-state index in [1.54, 1.807) is 6.92 Å². The Balaban J connectivity index is 1.34. The van der Waals surface area contributed by atoms with Crippen LogP contribution in [-0.4, -0.2) is 46.7 Å². The number of nitrogens with one attached hydrogen (secondary N) is 1.